The van der Waals surface area contributed by atoms with E-state index in [9.17, 15) is 32.7 Å². The Balaban J connectivity index is 1.77. The van der Waals surface area contributed by atoms with Gasteiger partial charge in [0.05, 0.1) is 23.4 Å². The normalized spacial score (nSPS) is 10.9. The number of ether oxygens (including phenoxy) is 1. The van der Waals surface area contributed by atoms with Gasteiger partial charge in [0.15, 0.2) is 5.78 Å². The van der Waals surface area contributed by atoms with Gasteiger partial charge in [-0.25, -0.2) is 0 Å². The van der Waals surface area contributed by atoms with E-state index < -0.39 is 41.6 Å². The maximum atomic E-state index is 13.3. The molecule has 0 aromatic heterocycles. The van der Waals surface area contributed by atoms with Gasteiger partial charge in [-0.1, -0.05) is 30.3 Å². The van der Waals surface area contributed by atoms with Crippen molar-refractivity contribution in [3.63, 3.8) is 0 Å². The van der Waals surface area contributed by atoms with Crippen molar-refractivity contribution in [2.75, 3.05) is 10.6 Å². The predicted molar refractivity (Wildman–Crippen MR) is 116 cm³/mol. The van der Waals surface area contributed by atoms with Crippen LogP contribution in [0.1, 0.15) is 27.9 Å². The number of rotatable bonds is 7. The predicted octanol–water partition coefficient (Wildman–Crippen LogP) is 4.77. The highest BCUT2D eigenvalue weighted by atomic mass is 19.4. The number of Topliss-reactive ketones (excluding diaryl/α,β-unsaturated/α-hetero) is 1. The molecule has 2 N–H and O–H groups in total. The second-order valence-corrected chi connectivity index (χ2v) is 7.21. The molecule has 0 heterocycles. The molecular formula is C24H18F3N2O5-. The molecule has 3 rings (SSSR count). The number of nitrogens with one attached hydrogen (secondary N) is 2. The Bertz CT molecular complexity index is 1230. The zero-order valence-corrected chi connectivity index (χ0v) is 17.7. The summed E-state index contributed by atoms with van der Waals surface area (Å²) in [5.74, 6) is -0.657. The zero-order valence-electron chi connectivity index (χ0n) is 17.7. The third-order valence-electron chi connectivity index (χ3n) is 4.64. The van der Waals surface area contributed by atoms with Crippen molar-refractivity contribution < 1.29 is 37.4 Å². The van der Waals surface area contributed by atoms with Crippen LogP contribution in [0.25, 0.3) is 0 Å². The average molecular weight is 471 g/mol. The van der Waals surface area contributed by atoms with E-state index in [4.69, 9.17) is 4.74 Å². The molecule has 2 amide bonds. The zero-order chi connectivity index (χ0) is 24.9. The molecule has 0 saturated carbocycles. The highest BCUT2D eigenvalue weighted by Gasteiger charge is 2.33. The van der Waals surface area contributed by atoms with Crippen molar-refractivity contribution in [2.45, 2.75) is 19.5 Å². The van der Waals surface area contributed by atoms with E-state index in [1.54, 1.807) is 36.4 Å². The summed E-state index contributed by atoms with van der Waals surface area (Å²) in [5.41, 5.74) is -1.95. The van der Waals surface area contributed by atoms with E-state index in [2.05, 4.69) is 5.32 Å². The summed E-state index contributed by atoms with van der Waals surface area (Å²) in [6.45, 7) is 1.14. The van der Waals surface area contributed by atoms with Crippen LogP contribution in [0.4, 0.5) is 29.3 Å². The summed E-state index contributed by atoms with van der Waals surface area (Å²) in [6, 6.07) is 16.4. The summed E-state index contributed by atoms with van der Waals surface area (Å²) in [5, 5.41) is 14.9. The van der Waals surface area contributed by atoms with Gasteiger partial charge in [0.2, 0.25) is 5.91 Å². The lowest BCUT2D eigenvalue weighted by Crippen LogP contribution is -2.29. The molecule has 176 valence electrons. The number of ketones is 1. The van der Waals surface area contributed by atoms with Gasteiger partial charge in [0, 0.05) is 5.56 Å². The van der Waals surface area contributed by atoms with E-state index in [0.29, 0.717) is 17.6 Å². The molecule has 0 aliphatic rings. The number of halogens is 3. The first-order chi connectivity index (χ1) is 16.0. The number of benzene rings is 3. The van der Waals surface area contributed by atoms with Crippen LogP contribution in [0.2, 0.25) is 0 Å². The lowest BCUT2D eigenvalue weighted by Gasteiger charge is -2.18. The molecule has 0 spiro atoms. The van der Waals surface area contributed by atoms with Crippen LogP contribution >= 0.6 is 0 Å². The number of amides is 2. The summed E-state index contributed by atoms with van der Waals surface area (Å²) >= 11 is 0. The average Bonchev–Trinajstić information content (AvgIpc) is 2.75. The lowest BCUT2D eigenvalue weighted by atomic mass is 10.0. The van der Waals surface area contributed by atoms with Gasteiger partial charge in [0.1, 0.15) is 17.6 Å². The van der Waals surface area contributed by atoms with Crippen LogP contribution in [0.3, 0.4) is 0 Å². The van der Waals surface area contributed by atoms with Crippen LogP contribution in [-0.2, 0) is 11.0 Å². The first-order valence-corrected chi connectivity index (χ1v) is 9.89. The van der Waals surface area contributed by atoms with Crippen LogP contribution in [0.15, 0.2) is 66.7 Å². The Labute approximate surface area is 192 Å². The van der Waals surface area contributed by atoms with Crippen molar-refractivity contribution in [3.8, 4) is 11.5 Å². The van der Waals surface area contributed by atoms with Gasteiger partial charge in [-0.2, -0.15) is 13.2 Å². The van der Waals surface area contributed by atoms with E-state index >= 15 is 0 Å². The first-order valence-electron chi connectivity index (χ1n) is 9.89. The summed E-state index contributed by atoms with van der Waals surface area (Å²) in [6.07, 6.45) is -7.21. The molecule has 3 aromatic rings. The minimum absolute atomic E-state index is 0.150. The van der Waals surface area contributed by atoms with Crippen molar-refractivity contribution in [1.29, 1.82) is 0 Å². The molecule has 0 unspecified atom stereocenters. The fourth-order valence-corrected chi connectivity index (χ4v) is 3.13. The molecule has 0 aliphatic carbocycles. The number of anilines is 2. The highest BCUT2D eigenvalue weighted by Crippen LogP contribution is 2.37. The Morgan fingerprint density at radius 1 is 0.882 bits per heavy atom. The minimum atomic E-state index is -4.74. The van der Waals surface area contributed by atoms with Crippen molar-refractivity contribution >= 4 is 29.2 Å². The smallest absolute Gasteiger partial charge is 0.416 e. The fourth-order valence-electron chi connectivity index (χ4n) is 3.13. The van der Waals surface area contributed by atoms with E-state index in [0.717, 1.165) is 13.0 Å². The molecule has 0 radical (unpaired) electrons. The van der Waals surface area contributed by atoms with Crippen molar-refractivity contribution in [2.24, 2.45) is 0 Å². The highest BCUT2D eigenvalue weighted by molar-refractivity contribution is 6.12. The van der Waals surface area contributed by atoms with Crippen molar-refractivity contribution in [3.05, 3.63) is 83.4 Å². The van der Waals surface area contributed by atoms with Gasteiger partial charge in [0.25, 0.3) is 0 Å². The number of aryl methyl sites for hydroxylation is 1. The Morgan fingerprint density at radius 3 is 2.18 bits per heavy atom. The summed E-state index contributed by atoms with van der Waals surface area (Å²) in [7, 11) is 0. The van der Waals surface area contributed by atoms with Gasteiger partial charge in [-0.15, -0.1) is 0 Å². The minimum Gasteiger partial charge on any atom is -0.530 e. The number of carbonyl (C=O) groups is 3. The topological polar surface area (TPSA) is 108 Å². The molecule has 7 nitrogen and oxygen atoms in total. The molecule has 0 aliphatic heterocycles. The van der Waals surface area contributed by atoms with E-state index in [1.807, 2.05) is 11.4 Å². The Hall–Kier alpha value is -4.34. The van der Waals surface area contributed by atoms with Crippen LogP contribution in [0, 0.1) is 6.92 Å². The number of hydrogen-bond donors (Lipinski definition) is 2. The number of carboxylic acid groups (broad SMARTS) is 1. The number of para-hydroxylation sites is 1. The second-order valence-electron chi connectivity index (χ2n) is 7.21. The largest absolute Gasteiger partial charge is 0.530 e. The third kappa shape index (κ3) is 6.35. The molecule has 0 fully saturated rings. The molecule has 10 heteroatoms. The summed E-state index contributed by atoms with van der Waals surface area (Å²) in [4.78, 5) is 35.9. The molecular weight excluding hydrogens is 453 g/mol. The van der Waals surface area contributed by atoms with Crippen LogP contribution in [0.5, 0.6) is 11.5 Å². The van der Waals surface area contributed by atoms with Gasteiger partial charge in [-0.3, -0.25) is 9.59 Å². The second kappa shape index (κ2) is 10.1. The standard InChI is InChI=1S/C24H19F3N2O5/c1-14-10-19(29-23(32)33)20(12-18(14)24(25,26)27)28-22(31)13-21(30)15-6-5-9-17(11-15)34-16-7-3-2-4-8-16/h2-12,29H,13H2,1H3,(H,28,31)(H,32,33)/p-1. The van der Waals surface area contributed by atoms with E-state index in [-0.39, 0.29) is 16.8 Å². The SMILES string of the molecule is Cc1cc(NC(=O)[O-])c(NC(=O)CC(=O)c2cccc(Oc3ccccc3)c2)cc1C(F)(F)F. The number of alkyl halides is 3. The Kier molecular flexibility index (Phi) is 7.20. The van der Waals surface area contributed by atoms with Gasteiger partial charge < -0.3 is 25.3 Å². The maximum absolute atomic E-state index is 13.3. The number of hydrogen-bond acceptors (Lipinski definition) is 5. The first kappa shape index (κ1) is 24.3. The maximum Gasteiger partial charge on any atom is 0.416 e. The molecule has 34 heavy (non-hydrogen) atoms. The van der Waals surface area contributed by atoms with Gasteiger partial charge >= 0.3 is 6.18 Å². The Morgan fingerprint density at radius 2 is 1.53 bits per heavy atom. The number of carbonyl (C=O) groups excluding carboxylic acids is 3. The van der Waals surface area contributed by atoms with E-state index in [1.165, 1.54) is 12.1 Å². The van der Waals surface area contributed by atoms with Crippen molar-refractivity contribution in [1.82, 2.24) is 0 Å². The van der Waals surface area contributed by atoms with Crippen LogP contribution in [-0.4, -0.2) is 17.8 Å². The van der Waals surface area contributed by atoms with Crippen LogP contribution < -0.4 is 20.5 Å². The molecule has 3 aromatic carbocycles. The molecule has 0 atom stereocenters. The van der Waals surface area contributed by atoms with Gasteiger partial charge in [-0.05, 0) is 48.9 Å². The molecule has 0 saturated heterocycles. The third-order valence-corrected chi connectivity index (χ3v) is 4.64. The fraction of sp³-hybridized carbons (Fsp3) is 0.125. The lowest BCUT2D eigenvalue weighted by molar-refractivity contribution is -0.242. The monoisotopic (exact) mass is 471 g/mol. The summed E-state index contributed by atoms with van der Waals surface area (Å²) < 4.78 is 45.4. The molecule has 0 bridgehead atoms. The quantitative estimate of drug-likeness (QED) is 0.381.